The van der Waals surface area contributed by atoms with Crippen LogP contribution >= 0.6 is 7.82 Å². The van der Waals surface area contributed by atoms with Crippen molar-refractivity contribution in [1.29, 1.82) is 0 Å². The lowest BCUT2D eigenvalue weighted by Crippen LogP contribution is -2.45. The molecule has 0 saturated heterocycles. The molecule has 0 spiro atoms. The Hall–Kier alpha value is -0.760. The summed E-state index contributed by atoms with van der Waals surface area (Å²) in [6, 6.07) is -0.842. The van der Waals surface area contributed by atoms with Crippen molar-refractivity contribution in [1.82, 2.24) is 5.32 Å². The Morgan fingerprint density at radius 3 is 1.09 bits per heavy atom. The van der Waals surface area contributed by atoms with Crippen molar-refractivity contribution in [2.75, 3.05) is 40.9 Å². The Balaban J connectivity index is 4.10. The first-order chi connectivity index (χ1) is 33.0. The van der Waals surface area contributed by atoms with Crippen LogP contribution in [0.1, 0.15) is 309 Å². The molecule has 8 nitrogen and oxygen atoms in total. The molecule has 0 aromatic carbocycles. The Morgan fingerprint density at radius 2 is 0.779 bits per heavy atom. The van der Waals surface area contributed by atoms with Crippen LogP contribution < -0.4 is 5.32 Å². The number of allylic oxidation sites excluding steroid dienone is 1. The van der Waals surface area contributed by atoms with Crippen molar-refractivity contribution in [3.8, 4) is 0 Å². The number of unbranched alkanes of at least 4 members (excludes halogenated alkanes) is 43. The van der Waals surface area contributed by atoms with Crippen LogP contribution in [-0.2, 0) is 18.4 Å². The van der Waals surface area contributed by atoms with E-state index in [1.807, 2.05) is 27.2 Å². The lowest BCUT2D eigenvalue weighted by atomic mass is 10.0. The molecule has 0 aliphatic heterocycles. The molecule has 0 heterocycles. The number of amides is 1. The molecule has 0 radical (unpaired) electrons. The van der Waals surface area contributed by atoms with Gasteiger partial charge in [0.25, 0.3) is 0 Å². The molecule has 3 unspecified atom stereocenters. The summed E-state index contributed by atoms with van der Waals surface area (Å²) in [7, 11) is 1.59. The molecule has 0 aromatic rings. The third-order valence-electron chi connectivity index (χ3n) is 14.0. The van der Waals surface area contributed by atoms with Crippen molar-refractivity contribution in [2.45, 2.75) is 321 Å². The molecule has 0 rings (SSSR count). The number of hydrogen-bond donors (Lipinski definition) is 3. The lowest BCUT2D eigenvalue weighted by molar-refractivity contribution is -0.870. The predicted octanol–water partition coefficient (Wildman–Crippen LogP) is 18.2. The molecule has 0 aliphatic carbocycles. The molecular weight excluding hydrogens is 864 g/mol. The second-order valence-electron chi connectivity index (χ2n) is 22.1. The van der Waals surface area contributed by atoms with E-state index in [9.17, 15) is 19.4 Å². The van der Waals surface area contributed by atoms with Gasteiger partial charge in [0.2, 0.25) is 5.91 Å². The van der Waals surface area contributed by atoms with Crippen LogP contribution in [0.25, 0.3) is 0 Å². The molecule has 0 aromatic heterocycles. The fourth-order valence-electron chi connectivity index (χ4n) is 9.28. The number of aliphatic hydroxyl groups is 1. The van der Waals surface area contributed by atoms with E-state index in [0.29, 0.717) is 17.4 Å². The van der Waals surface area contributed by atoms with Gasteiger partial charge in [0, 0.05) is 6.42 Å². The van der Waals surface area contributed by atoms with Gasteiger partial charge in [-0.1, -0.05) is 296 Å². The summed E-state index contributed by atoms with van der Waals surface area (Å²) >= 11 is 0. The summed E-state index contributed by atoms with van der Waals surface area (Å²) in [4.78, 5) is 23.3. The third kappa shape index (κ3) is 53.0. The van der Waals surface area contributed by atoms with Crippen LogP contribution in [0.4, 0.5) is 0 Å². The van der Waals surface area contributed by atoms with Crippen molar-refractivity contribution < 1.29 is 32.9 Å². The predicted molar refractivity (Wildman–Crippen MR) is 295 cm³/mol. The van der Waals surface area contributed by atoms with E-state index in [1.165, 1.54) is 257 Å². The Morgan fingerprint density at radius 1 is 0.485 bits per heavy atom. The second-order valence-corrected chi connectivity index (χ2v) is 23.5. The number of quaternary nitrogens is 1. The van der Waals surface area contributed by atoms with Crippen molar-refractivity contribution in [3.63, 3.8) is 0 Å². The molecule has 1 amide bonds. The smallest absolute Gasteiger partial charge is 0.387 e. The van der Waals surface area contributed by atoms with E-state index in [0.717, 1.165) is 32.1 Å². The van der Waals surface area contributed by atoms with Gasteiger partial charge in [-0.25, -0.2) is 4.57 Å². The summed E-state index contributed by atoms with van der Waals surface area (Å²) in [5.41, 5.74) is 0. The standard InChI is InChI=1S/C59H119N2O6P/c1-6-8-10-12-14-16-18-20-22-24-25-26-27-28-29-30-31-32-33-34-35-37-38-40-42-44-46-48-50-52-58(62)57(56-67-68(64,65)66-55-54-61(3,4)5)60-59(63)53-51-49-47-45-43-41-39-36-23-21-19-17-15-13-11-9-7-2/h50,52,57-58,62H,6-49,51,53-56H2,1-5H3,(H-,60,63,64,65)/p+1/b52-50+. The minimum atomic E-state index is -4.34. The number of phosphoric acid groups is 1. The van der Waals surface area contributed by atoms with E-state index in [-0.39, 0.29) is 19.1 Å². The number of phosphoric ester groups is 1. The zero-order valence-electron chi connectivity index (χ0n) is 46.4. The van der Waals surface area contributed by atoms with Gasteiger partial charge in [-0.15, -0.1) is 0 Å². The highest BCUT2D eigenvalue weighted by atomic mass is 31.2. The maximum absolute atomic E-state index is 13.0. The summed E-state index contributed by atoms with van der Waals surface area (Å²) in [5.74, 6) is -0.170. The van der Waals surface area contributed by atoms with Crippen molar-refractivity contribution in [3.05, 3.63) is 12.2 Å². The third-order valence-corrected chi connectivity index (χ3v) is 15.0. The number of likely N-dealkylation sites (N-methyl/N-ethyl adjacent to an activating group) is 1. The molecule has 0 saturated carbocycles. The van der Waals surface area contributed by atoms with E-state index in [1.54, 1.807) is 6.08 Å². The molecule has 406 valence electrons. The number of hydrogen-bond acceptors (Lipinski definition) is 5. The number of aliphatic hydroxyl groups excluding tert-OH is 1. The molecule has 0 fully saturated rings. The number of carbonyl (C=O) groups excluding carboxylic acids is 1. The van der Waals surface area contributed by atoms with Gasteiger partial charge in [-0.3, -0.25) is 13.8 Å². The maximum Gasteiger partial charge on any atom is 0.472 e. The normalized spacial score (nSPS) is 13.9. The molecule has 9 heteroatoms. The topological polar surface area (TPSA) is 105 Å². The van der Waals surface area contributed by atoms with Crippen LogP contribution in [0.2, 0.25) is 0 Å². The number of nitrogens with one attached hydrogen (secondary N) is 1. The van der Waals surface area contributed by atoms with Gasteiger partial charge < -0.3 is 19.8 Å². The molecular formula is C59H120N2O6P+. The molecule has 3 N–H and O–H groups in total. The first kappa shape index (κ1) is 67.2. The summed E-state index contributed by atoms with van der Waals surface area (Å²) in [6.45, 7) is 4.87. The first-order valence-electron chi connectivity index (χ1n) is 30.1. The monoisotopic (exact) mass is 984 g/mol. The van der Waals surface area contributed by atoms with E-state index in [4.69, 9.17) is 9.05 Å². The fraction of sp³-hybridized carbons (Fsp3) is 0.949. The lowest BCUT2D eigenvalue weighted by Gasteiger charge is -2.25. The highest BCUT2D eigenvalue weighted by Crippen LogP contribution is 2.43. The average molecular weight is 985 g/mol. The van der Waals surface area contributed by atoms with Gasteiger partial charge in [0.1, 0.15) is 13.2 Å². The average Bonchev–Trinajstić information content (AvgIpc) is 3.30. The zero-order valence-corrected chi connectivity index (χ0v) is 47.3. The van der Waals surface area contributed by atoms with Crippen LogP contribution in [0, 0.1) is 0 Å². The summed E-state index contributed by atoms with van der Waals surface area (Å²) < 4.78 is 23.7. The van der Waals surface area contributed by atoms with Crippen LogP contribution in [0.15, 0.2) is 12.2 Å². The highest BCUT2D eigenvalue weighted by molar-refractivity contribution is 7.47. The second kappa shape index (κ2) is 51.2. The molecule has 68 heavy (non-hydrogen) atoms. The number of nitrogens with zero attached hydrogens (tertiary/aromatic N) is 1. The molecule has 0 aliphatic rings. The van der Waals surface area contributed by atoms with Crippen LogP contribution in [-0.4, -0.2) is 73.4 Å². The Labute approximate surface area is 424 Å². The van der Waals surface area contributed by atoms with Gasteiger partial charge in [0.05, 0.1) is 39.9 Å². The Kier molecular flexibility index (Phi) is 50.6. The van der Waals surface area contributed by atoms with E-state index >= 15 is 0 Å². The van der Waals surface area contributed by atoms with Gasteiger partial charge in [-0.05, 0) is 19.3 Å². The summed E-state index contributed by atoms with van der Waals surface area (Å²) in [5, 5.41) is 14.0. The van der Waals surface area contributed by atoms with Crippen molar-refractivity contribution >= 4 is 13.7 Å². The Bertz CT molecular complexity index is 1120. The fourth-order valence-corrected chi connectivity index (χ4v) is 10.0. The SMILES string of the molecule is CCCCCCCCCCCCCCCCCCCCCCCCCCCCC/C=C/C(O)C(COP(=O)(O)OCC[N+](C)(C)C)NC(=O)CCCCCCCCCCCCCCCCCCC. The van der Waals surface area contributed by atoms with Crippen LogP contribution in [0.3, 0.4) is 0 Å². The number of rotatable bonds is 56. The highest BCUT2D eigenvalue weighted by Gasteiger charge is 2.27. The van der Waals surface area contributed by atoms with Gasteiger partial charge >= 0.3 is 7.82 Å². The minimum absolute atomic E-state index is 0.0652. The largest absolute Gasteiger partial charge is 0.472 e. The molecule has 0 bridgehead atoms. The number of carbonyl (C=O) groups is 1. The first-order valence-corrected chi connectivity index (χ1v) is 31.6. The van der Waals surface area contributed by atoms with E-state index < -0.39 is 20.0 Å². The van der Waals surface area contributed by atoms with Crippen LogP contribution in [0.5, 0.6) is 0 Å². The van der Waals surface area contributed by atoms with E-state index in [2.05, 4.69) is 19.2 Å². The summed E-state index contributed by atoms with van der Waals surface area (Å²) in [6.07, 6.45) is 63.2. The van der Waals surface area contributed by atoms with Gasteiger partial charge in [-0.2, -0.15) is 0 Å². The maximum atomic E-state index is 13.0. The van der Waals surface area contributed by atoms with Crippen molar-refractivity contribution in [2.24, 2.45) is 0 Å². The molecule has 3 atom stereocenters. The van der Waals surface area contributed by atoms with Gasteiger partial charge in [0.15, 0.2) is 0 Å². The quantitative estimate of drug-likeness (QED) is 0.0243. The minimum Gasteiger partial charge on any atom is -0.387 e. The zero-order chi connectivity index (χ0) is 49.9.